The van der Waals surface area contributed by atoms with Gasteiger partial charge < -0.3 is 10.1 Å². The van der Waals surface area contributed by atoms with E-state index in [-0.39, 0.29) is 5.91 Å². The first kappa shape index (κ1) is 21.5. The number of anilines is 1. The van der Waals surface area contributed by atoms with Crippen LogP contribution in [0.15, 0.2) is 42.5 Å². The van der Waals surface area contributed by atoms with Crippen LogP contribution in [0.1, 0.15) is 44.2 Å². The van der Waals surface area contributed by atoms with Gasteiger partial charge in [-0.15, -0.1) is 0 Å². The maximum atomic E-state index is 12.8. The number of carbonyl (C=O) groups excluding carboxylic acids is 1. The van der Waals surface area contributed by atoms with Crippen molar-refractivity contribution in [1.29, 1.82) is 0 Å². The molecular formula is C21H26ClNO3S. The van der Waals surface area contributed by atoms with E-state index < -0.39 is 16.9 Å². The number of hydrogen-bond donors (Lipinski definition) is 1. The van der Waals surface area contributed by atoms with Crippen LogP contribution in [0, 0.1) is 0 Å². The highest BCUT2D eigenvalue weighted by Gasteiger charge is 2.21. The number of nitrogens with one attached hydrogen (secondary N) is 1. The van der Waals surface area contributed by atoms with Crippen LogP contribution in [0.25, 0.3) is 0 Å². The van der Waals surface area contributed by atoms with Crippen molar-refractivity contribution in [3.8, 4) is 5.75 Å². The second kappa shape index (κ2) is 9.90. The second-order valence-electron chi connectivity index (χ2n) is 6.73. The van der Waals surface area contributed by atoms with Crippen LogP contribution in [0.5, 0.6) is 5.75 Å². The normalized spacial score (nSPS) is 13.3. The highest BCUT2D eigenvalue weighted by atomic mass is 35.5. The summed E-state index contributed by atoms with van der Waals surface area (Å²) in [6.07, 6.45) is 1.53. The number of hydrogen-bond acceptors (Lipinski definition) is 3. The Bertz CT molecular complexity index is 823. The summed E-state index contributed by atoms with van der Waals surface area (Å²) in [6.45, 7) is 6.08. The fourth-order valence-electron chi connectivity index (χ4n) is 2.75. The largest absolute Gasteiger partial charge is 0.480 e. The van der Waals surface area contributed by atoms with E-state index in [0.29, 0.717) is 28.8 Å². The predicted molar refractivity (Wildman–Crippen MR) is 113 cm³/mol. The van der Waals surface area contributed by atoms with Crippen LogP contribution in [0.4, 0.5) is 5.69 Å². The van der Waals surface area contributed by atoms with Gasteiger partial charge in [0.15, 0.2) is 6.10 Å². The van der Waals surface area contributed by atoms with Gasteiger partial charge in [-0.05, 0) is 41.7 Å². The Labute approximate surface area is 168 Å². The third kappa shape index (κ3) is 6.08. The molecule has 0 aliphatic carbocycles. The molecule has 0 fully saturated rings. The molecule has 0 spiro atoms. The molecule has 0 heterocycles. The monoisotopic (exact) mass is 407 g/mol. The van der Waals surface area contributed by atoms with Crippen LogP contribution in [0.3, 0.4) is 0 Å². The maximum absolute atomic E-state index is 12.8. The van der Waals surface area contributed by atoms with E-state index in [1.54, 1.807) is 18.4 Å². The lowest BCUT2D eigenvalue weighted by molar-refractivity contribution is -0.122. The van der Waals surface area contributed by atoms with Crippen LogP contribution < -0.4 is 10.1 Å². The summed E-state index contributed by atoms with van der Waals surface area (Å²) < 4.78 is 17.5. The molecule has 1 amide bonds. The van der Waals surface area contributed by atoms with Crippen LogP contribution in [-0.2, 0) is 21.3 Å². The summed E-state index contributed by atoms with van der Waals surface area (Å²) in [5, 5.41) is 3.29. The summed E-state index contributed by atoms with van der Waals surface area (Å²) in [5.41, 5.74) is 2.42. The Morgan fingerprint density at radius 1 is 1.22 bits per heavy atom. The molecule has 0 saturated heterocycles. The second-order valence-corrected chi connectivity index (χ2v) is 8.57. The zero-order valence-electron chi connectivity index (χ0n) is 16.1. The molecule has 27 heavy (non-hydrogen) atoms. The van der Waals surface area contributed by atoms with Gasteiger partial charge in [0.2, 0.25) is 0 Å². The number of para-hydroxylation sites is 1. The van der Waals surface area contributed by atoms with Gasteiger partial charge in [-0.25, -0.2) is 0 Å². The molecule has 2 aromatic rings. The highest BCUT2D eigenvalue weighted by molar-refractivity contribution is 7.83. The zero-order chi connectivity index (χ0) is 20.0. The lowest BCUT2D eigenvalue weighted by atomic mass is 10.0. The van der Waals surface area contributed by atoms with Gasteiger partial charge >= 0.3 is 0 Å². The fraction of sp³-hybridized carbons (Fsp3) is 0.381. The summed E-state index contributed by atoms with van der Waals surface area (Å²) in [5.74, 6) is 1.17. The van der Waals surface area contributed by atoms with Crippen molar-refractivity contribution in [3.05, 3.63) is 58.6 Å². The van der Waals surface area contributed by atoms with Crippen molar-refractivity contribution in [2.75, 3.05) is 11.6 Å². The van der Waals surface area contributed by atoms with Crippen LogP contribution >= 0.6 is 11.6 Å². The van der Waals surface area contributed by atoms with Gasteiger partial charge in [-0.1, -0.05) is 56.6 Å². The highest BCUT2D eigenvalue weighted by Crippen LogP contribution is 2.28. The van der Waals surface area contributed by atoms with Crippen molar-refractivity contribution >= 4 is 34.0 Å². The van der Waals surface area contributed by atoms with E-state index in [9.17, 15) is 9.00 Å². The summed E-state index contributed by atoms with van der Waals surface area (Å²) >= 11 is 6.22. The Kier molecular flexibility index (Phi) is 7.87. The molecule has 2 unspecified atom stereocenters. The molecule has 2 atom stereocenters. The molecule has 0 saturated carbocycles. The van der Waals surface area contributed by atoms with Gasteiger partial charge in [0.25, 0.3) is 5.91 Å². The number of halogens is 1. The Morgan fingerprint density at radius 3 is 2.56 bits per heavy atom. The molecule has 2 rings (SSSR count). The fourth-order valence-corrected chi connectivity index (χ4v) is 3.56. The minimum Gasteiger partial charge on any atom is -0.480 e. The topological polar surface area (TPSA) is 55.4 Å². The lowest BCUT2D eigenvalue weighted by Gasteiger charge is -2.21. The SMILES string of the molecule is CCC(Oc1ccccc1C(C)C)C(=O)Nc1cc(CS(C)=O)ccc1Cl. The van der Waals surface area contributed by atoms with Crippen LogP contribution in [-0.4, -0.2) is 22.5 Å². The number of benzene rings is 2. The predicted octanol–water partition coefficient (Wildman–Crippen LogP) is 5.14. The van der Waals surface area contributed by atoms with Crippen molar-refractivity contribution in [1.82, 2.24) is 0 Å². The van der Waals surface area contributed by atoms with E-state index in [2.05, 4.69) is 19.2 Å². The van der Waals surface area contributed by atoms with Crippen molar-refractivity contribution in [3.63, 3.8) is 0 Å². The number of ether oxygens (including phenoxy) is 1. The molecule has 2 aromatic carbocycles. The van der Waals surface area contributed by atoms with Crippen molar-refractivity contribution in [2.24, 2.45) is 0 Å². The quantitative estimate of drug-likeness (QED) is 0.659. The molecule has 1 N–H and O–H groups in total. The van der Waals surface area contributed by atoms with Gasteiger partial charge in [0.1, 0.15) is 5.75 Å². The summed E-state index contributed by atoms with van der Waals surface area (Å²) in [6, 6.07) is 13.0. The average Bonchev–Trinajstić information content (AvgIpc) is 2.62. The molecule has 0 radical (unpaired) electrons. The van der Waals surface area contributed by atoms with Gasteiger partial charge in [-0.3, -0.25) is 9.00 Å². The minimum absolute atomic E-state index is 0.257. The Balaban J connectivity index is 2.17. The van der Waals surface area contributed by atoms with E-state index in [4.69, 9.17) is 16.3 Å². The Morgan fingerprint density at radius 2 is 1.93 bits per heavy atom. The van der Waals surface area contributed by atoms with E-state index in [0.717, 1.165) is 16.9 Å². The third-order valence-electron chi connectivity index (χ3n) is 4.13. The molecule has 6 heteroatoms. The van der Waals surface area contributed by atoms with Gasteiger partial charge in [-0.2, -0.15) is 0 Å². The third-order valence-corrected chi connectivity index (χ3v) is 5.20. The lowest BCUT2D eigenvalue weighted by Crippen LogP contribution is -2.32. The molecule has 0 bridgehead atoms. The standard InChI is InChI=1S/C21H26ClNO3S/c1-5-19(26-20-9-7-6-8-16(20)14(2)3)21(24)23-18-12-15(13-27(4)25)10-11-17(18)22/h6-12,14,19H,5,13H2,1-4H3,(H,23,24). The first-order valence-electron chi connectivity index (χ1n) is 8.96. The van der Waals surface area contributed by atoms with E-state index in [1.807, 2.05) is 37.3 Å². The Hall–Kier alpha value is -1.85. The summed E-state index contributed by atoms with van der Waals surface area (Å²) in [4.78, 5) is 12.8. The molecular weight excluding hydrogens is 382 g/mol. The van der Waals surface area contributed by atoms with Gasteiger partial charge in [0, 0.05) is 22.8 Å². The van der Waals surface area contributed by atoms with E-state index in [1.165, 1.54) is 0 Å². The minimum atomic E-state index is -0.969. The van der Waals surface area contributed by atoms with Crippen molar-refractivity contribution in [2.45, 2.75) is 45.0 Å². The molecule has 0 aromatic heterocycles. The number of amides is 1. The maximum Gasteiger partial charge on any atom is 0.265 e. The molecule has 4 nitrogen and oxygen atoms in total. The number of rotatable bonds is 8. The molecule has 146 valence electrons. The molecule has 0 aliphatic rings. The molecule has 0 aliphatic heterocycles. The van der Waals surface area contributed by atoms with Crippen molar-refractivity contribution < 1.29 is 13.7 Å². The summed E-state index contributed by atoms with van der Waals surface area (Å²) in [7, 11) is -0.969. The first-order chi connectivity index (χ1) is 12.8. The first-order valence-corrected chi connectivity index (χ1v) is 11.1. The smallest absolute Gasteiger partial charge is 0.265 e. The van der Waals surface area contributed by atoms with Crippen LogP contribution in [0.2, 0.25) is 5.02 Å². The number of carbonyl (C=O) groups is 1. The van der Waals surface area contributed by atoms with E-state index >= 15 is 0 Å². The zero-order valence-corrected chi connectivity index (χ0v) is 17.7. The van der Waals surface area contributed by atoms with Gasteiger partial charge in [0.05, 0.1) is 10.7 Å². The average molecular weight is 408 g/mol.